The molecular weight excluding hydrogens is 408 g/mol. The molecule has 1 saturated heterocycles. The Morgan fingerprint density at radius 1 is 1.24 bits per heavy atom. The first-order valence-corrected chi connectivity index (χ1v) is 12.3. The number of hydrogen-bond acceptors (Lipinski definition) is 6. The molecule has 2 unspecified atom stereocenters. The van der Waals surface area contributed by atoms with Crippen LogP contribution in [0.1, 0.15) is 55.4 Å². The van der Waals surface area contributed by atoms with Gasteiger partial charge in [0.1, 0.15) is 5.01 Å². The standard InChI is InChI=1S/C20H28N4O3S2/c1-4-5-9-18-22-23-20(28-18)21-19(25)16-7-6-8-17(11-16)29(26,27)24-12-14(2)10-15(3)13-24/h6-8,11,14-15H,4-5,9-10,12-13H2,1-3H3,(H,21,23,25). The maximum Gasteiger partial charge on any atom is 0.257 e. The predicted molar refractivity (Wildman–Crippen MR) is 115 cm³/mol. The van der Waals surface area contributed by atoms with E-state index in [-0.39, 0.29) is 16.4 Å². The van der Waals surface area contributed by atoms with Crippen LogP contribution in [-0.4, -0.2) is 41.9 Å². The van der Waals surface area contributed by atoms with Gasteiger partial charge in [-0.3, -0.25) is 10.1 Å². The Morgan fingerprint density at radius 3 is 2.66 bits per heavy atom. The van der Waals surface area contributed by atoms with Crippen LogP contribution in [-0.2, 0) is 16.4 Å². The summed E-state index contributed by atoms with van der Waals surface area (Å²) < 4.78 is 27.7. The van der Waals surface area contributed by atoms with Gasteiger partial charge in [0.2, 0.25) is 15.2 Å². The van der Waals surface area contributed by atoms with Gasteiger partial charge >= 0.3 is 0 Å². The van der Waals surface area contributed by atoms with E-state index < -0.39 is 10.0 Å². The van der Waals surface area contributed by atoms with Gasteiger partial charge in [0.25, 0.3) is 5.91 Å². The van der Waals surface area contributed by atoms with Crippen LogP contribution in [0.5, 0.6) is 0 Å². The zero-order valence-electron chi connectivity index (χ0n) is 17.1. The molecule has 1 aliphatic heterocycles. The van der Waals surface area contributed by atoms with Crippen LogP contribution >= 0.6 is 11.3 Å². The predicted octanol–water partition coefficient (Wildman–Crippen LogP) is 3.80. The fraction of sp³-hybridized carbons (Fsp3) is 0.550. The number of amides is 1. The average Bonchev–Trinajstić information content (AvgIpc) is 3.13. The molecule has 1 aliphatic rings. The van der Waals surface area contributed by atoms with Crippen molar-refractivity contribution >= 4 is 32.4 Å². The van der Waals surface area contributed by atoms with Gasteiger partial charge in [0, 0.05) is 25.1 Å². The van der Waals surface area contributed by atoms with Gasteiger partial charge in [0.05, 0.1) is 4.90 Å². The van der Waals surface area contributed by atoms with Crippen molar-refractivity contribution in [3.8, 4) is 0 Å². The summed E-state index contributed by atoms with van der Waals surface area (Å²) in [6, 6.07) is 6.19. The number of nitrogens with one attached hydrogen (secondary N) is 1. The summed E-state index contributed by atoms with van der Waals surface area (Å²) in [4.78, 5) is 12.8. The lowest BCUT2D eigenvalue weighted by atomic mass is 9.94. The zero-order valence-corrected chi connectivity index (χ0v) is 18.7. The molecule has 0 saturated carbocycles. The van der Waals surface area contributed by atoms with Crippen molar-refractivity contribution in [2.45, 2.75) is 51.3 Å². The van der Waals surface area contributed by atoms with E-state index in [1.165, 1.54) is 21.7 Å². The number of aryl methyl sites for hydroxylation is 1. The van der Waals surface area contributed by atoms with Crippen LogP contribution in [0.25, 0.3) is 0 Å². The van der Waals surface area contributed by atoms with E-state index in [9.17, 15) is 13.2 Å². The second kappa shape index (κ2) is 9.32. The Bertz CT molecular complexity index is 948. The fourth-order valence-corrected chi connectivity index (χ4v) is 6.15. The molecule has 2 aromatic rings. The smallest absolute Gasteiger partial charge is 0.257 e. The topological polar surface area (TPSA) is 92.3 Å². The summed E-state index contributed by atoms with van der Waals surface area (Å²) in [7, 11) is -3.63. The maximum absolute atomic E-state index is 13.1. The van der Waals surface area contributed by atoms with Crippen LogP contribution in [0.3, 0.4) is 0 Å². The fourth-order valence-electron chi connectivity index (χ4n) is 3.65. The zero-order chi connectivity index (χ0) is 21.0. The first-order valence-electron chi connectivity index (χ1n) is 10.0. The number of piperidine rings is 1. The SMILES string of the molecule is CCCCc1nnc(NC(=O)c2cccc(S(=O)(=O)N3CC(C)CC(C)C3)c2)s1. The first-order chi connectivity index (χ1) is 13.8. The molecule has 29 heavy (non-hydrogen) atoms. The lowest BCUT2D eigenvalue weighted by Gasteiger charge is -2.34. The van der Waals surface area contributed by atoms with Crippen LogP contribution in [0.4, 0.5) is 5.13 Å². The second-order valence-electron chi connectivity index (χ2n) is 7.85. The van der Waals surface area contributed by atoms with Crippen molar-refractivity contribution in [1.82, 2.24) is 14.5 Å². The Hall–Kier alpha value is -1.84. The first kappa shape index (κ1) is 21.9. The van der Waals surface area contributed by atoms with Crippen LogP contribution < -0.4 is 5.32 Å². The van der Waals surface area contributed by atoms with Crippen LogP contribution in [0, 0.1) is 11.8 Å². The maximum atomic E-state index is 13.1. The van der Waals surface area contributed by atoms with Gasteiger partial charge in [-0.15, -0.1) is 10.2 Å². The molecule has 1 aromatic carbocycles. The van der Waals surface area contributed by atoms with Gasteiger partial charge < -0.3 is 0 Å². The molecule has 1 fully saturated rings. The van der Waals surface area contributed by atoms with E-state index in [0.29, 0.717) is 30.1 Å². The number of aromatic nitrogens is 2. The largest absolute Gasteiger partial charge is 0.296 e. The minimum absolute atomic E-state index is 0.146. The number of unbranched alkanes of at least 4 members (excludes halogenated alkanes) is 1. The summed E-state index contributed by atoms with van der Waals surface area (Å²) in [6.45, 7) is 7.26. The van der Waals surface area contributed by atoms with Gasteiger partial charge in [-0.25, -0.2) is 8.42 Å². The number of rotatable bonds is 7. The minimum Gasteiger partial charge on any atom is -0.296 e. The molecule has 1 N–H and O–H groups in total. The lowest BCUT2D eigenvalue weighted by Crippen LogP contribution is -2.42. The molecular formula is C20H28N4O3S2. The third-order valence-corrected chi connectivity index (χ3v) is 7.73. The summed E-state index contributed by atoms with van der Waals surface area (Å²) in [5.74, 6) is 0.249. The van der Waals surface area contributed by atoms with Crippen LogP contribution in [0.2, 0.25) is 0 Å². The van der Waals surface area contributed by atoms with E-state index >= 15 is 0 Å². The van der Waals surface area contributed by atoms with Gasteiger partial charge in [0.15, 0.2) is 0 Å². The average molecular weight is 437 g/mol. The van der Waals surface area contributed by atoms with Crippen molar-refractivity contribution in [1.29, 1.82) is 0 Å². The Labute approximate surface area is 176 Å². The summed E-state index contributed by atoms with van der Waals surface area (Å²) >= 11 is 1.35. The highest BCUT2D eigenvalue weighted by molar-refractivity contribution is 7.89. The van der Waals surface area contributed by atoms with E-state index in [1.54, 1.807) is 18.2 Å². The van der Waals surface area contributed by atoms with E-state index in [0.717, 1.165) is 30.7 Å². The third-order valence-electron chi connectivity index (χ3n) is 5.00. The third kappa shape index (κ3) is 5.40. The highest BCUT2D eigenvalue weighted by atomic mass is 32.2. The molecule has 0 aliphatic carbocycles. The molecule has 0 radical (unpaired) electrons. The molecule has 1 amide bonds. The van der Waals surface area contributed by atoms with Crippen molar-refractivity contribution in [2.75, 3.05) is 18.4 Å². The van der Waals surface area contributed by atoms with Crippen molar-refractivity contribution < 1.29 is 13.2 Å². The van der Waals surface area contributed by atoms with Crippen LogP contribution in [0.15, 0.2) is 29.2 Å². The Balaban J connectivity index is 1.74. The second-order valence-corrected chi connectivity index (χ2v) is 10.9. The van der Waals surface area contributed by atoms with Gasteiger partial charge in [-0.2, -0.15) is 4.31 Å². The molecule has 2 atom stereocenters. The number of carbonyl (C=O) groups is 1. The normalized spacial score (nSPS) is 20.5. The highest BCUT2D eigenvalue weighted by Crippen LogP contribution is 2.27. The monoisotopic (exact) mass is 436 g/mol. The number of carbonyl (C=O) groups excluding carboxylic acids is 1. The number of sulfonamides is 1. The summed E-state index contributed by atoms with van der Waals surface area (Å²) in [5, 5.41) is 12.1. The van der Waals surface area contributed by atoms with E-state index in [4.69, 9.17) is 0 Å². The van der Waals surface area contributed by atoms with Crippen molar-refractivity contribution in [3.05, 3.63) is 34.8 Å². The molecule has 3 rings (SSSR count). The highest BCUT2D eigenvalue weighted by Gasteiger charge is 2.32. The molecule has 0 bridgehead atoms. The van der Waals surface area contributed by atoms with E-state index in [2.05, 4.69) is 36.3 Å². The number of hydrogen-bond donors (Lipinski definition) is 1. The Kier molecular flexibility index (Phi) is 7.02. The molecule has 158 valence electrons. The lowest BCUT2D eigenvalue weighted by molar-refractivity contribution is 0.102. The van der Waals surface area contributed by atoms with Crippen molar-refractivity contribution in [3.63, 3.8) is 0 Å². The van der Waals surface area contributed by atoms with Crippen molar-refractivity contribution in [2.24, 2.45) is 11.8 Å². The van der Waals surface area contributed by atoms with Gasteiger partial charge in [-0.05, 0) is 42.9 Å². The van der Waals surface area contributed by atoms with E-state index in [1.807, 2.05) is 0 Å². The summed E-state index contributed by atoms with van der Waals surface area (Å²) in [5.41, 5.74) is 0.287. The number of nitrogens with zero attached hydrogens (tertiary/aromatic N) is 3. The molecule has 2 heterocycles. The van der Waals surface area contributed by atoms with Gasteiger partial charge in [-0.1, -0.05) is 44.6 Å². The molecule has 9 heteroatoms. The molecule has 0 spiro atoms. The minimum atomic E-state index is -3.63. The Morgan fingerprint density at radius 2 is 1.97 bits per heavy atom. The quantitative estimate of drug-likeness (QED) is 0.713. The number of anilines is 1. The molecule has 7 nitrogen and oxygen atoms in total. The number of benzene rings is 1. The summed E-state index contributed by atoms with van der Waals surface area (Å²) in [6.07, 6.45) is 3.95. The molecule has 1 aromatic heterocycles.